The van der Waals surface area contributed by atoms with E-state index in [1.165, 1.54) is 31.4 Å². The number of benzene rings is 3. The summed E-state index contributed by atoms with van der Waals surface area (Å²) in [7, 11) is -2.49. The number of hydrogen-bond donors (Lipinski definition) is 1. The molecule has 3 aromatic carbocycles. The van der Waals surface area contributed by atoms with Crippen LogP contribution in [0, 0.1) is 17.1 Å². The number of aryl methyl sites for hydroxylation is 2. The van der Waals surface area contributed by atoms with Crippen molar-refractivity contribution in [2.45, 2.75) is 17.9 Å². The smallest absolute Gasteiger partial charge is 0.238 e. The summed E-state index contributed by atoms with van der Waals surface area (Å²) in [5.41, 5.74) is 3.24. The number of ether oxygens (including phenoxy) is 1. The van der Waals surface area contributed by atoms with E-state index in [4.69, 9.17) is 9.88 Å². The van der Waals surface area contributed by atoms with E-state index in [9.17, 15) is 18.1 Å². The zero-order chi connectivity index (χ0) is 24.3. The van der Waals surface area contributed by atoms with E-state index in [-0.39, 0.29) is 16.3 Å². The Balaban J connectivity index is 1.85. The van der Waals surface area contributed by atoms with Gasteiger partial charge in [-0.05, 0) is 41.8 Å². The highest BCUT2D eigenvalue weighted by atomic mass is 32.2. The number of aromatic nitrogens is 2. The van der Waals surface area contributed by atoms with Crippen molar-refractivity contribution in [3.63, 3.8) is 0 Å². The predicted octanol–water partition coefficient (Wildman–Crippen LogP) is 4.13. The predicted molar refractivity (Wildman–Crippen MR) is 126 cm³/mol. The average Bonchev–Trinajstić information content (AvgIpc) is 3.21. The highest BCUT2D eigenvalue weighted by Gasteiger charge is 2.22. The number of hydrogen-bond acceptors (Lipinski definition) is 5. The molecule has 34 heavy (non-hydrogen) atoms. The van der Waals surface area contributed by atoms with Crippen molar-refractivity contribution in [3.8, 4) is 34.2 Å². The van der Waals surface area contributed by atoms with E-state index in [2.05, 4.69) is 11.2 Å². The zero-order valence-corrected chi connectivity index (χ0v) is 19.1. The van der Waals surface area contributed by atoms with Gasteiger partial charge in [0.1, 0.15) is 17.5 Å². The first-order valence-electron chi connectivity index (χ1n) is 10.3. The lowest BCUT2D eigenvalue weighted by Crippen LogP contribution is -2.11. The Kier molecular flexibility index (Phi) is 6.45. The molecular weight excluding hydrogens is 455 g/mol. The van der Waals surface area contributed by atoms with Gasteiger partial charge in [0.15, 0.2) is 11.6 Å². The number of rotatable bonds is 7. The summed E-state index contributed by atoms with van der Waals surface area (Å²) in [4.78, 5) is -0.0442. The molecule has 0 unspecified atom stereocenters. The molecule has 0 amide bonds. The van der Waals surface area contributed by atoms with Crippen LogP contribution in [0.25, 0.3) is 22.4 Å². The summed E-state index contributed by atoms with van der Waals surface area (Å²) in [5, 5.41) is 19.9. The summed E-state index contributed by atoms with van der Waals surface area (Å²) in [6.45, 7) is 0.424. The number of methoxy groups -OCH3 is 1. The van der Waals surface area contributed by atoms with Gasteiger partial charge in [-0.1, -0.05) is 48.5 Å². The molecule has 0 radical (unpaired) electrons. The second-order valence-electron chi connectivity index (χ2n) is 7.56. The third-order valence-electron chi connectivity index (χ3n) is 5.41. The fourth-order valence-corrected chi connectivity index (χ4v) is 4.23. The van der Waals surface area contributed by atoms with Gasteiger partial charge in [0.2, 0.25) is 10.0 Å². The van der Waals surface area contributed by atoms with Crippen LogP contribution in [-0.2, 0) is 23.0 Å². The van der Waals surface area contributed by atoms with Crippen LogP contribution < -0.4 is 9.88 Å². The first-order chi connectivity index (χ1) is 16.3. The maximum Gasteiger partial charge on any atom is 0.238 e. The fourth-order valence-electron chi connectivity index (χ4n) is 3.72. The van der Waals surface area contributed by atoms with Crippen LogP contribution in [0.4, 0.5) is 4.39 Å². The van der Waals surface area contributed by atoms with Gasteiger partial charge in [-0.2, -0.15) is 10.4 Å². The molecule has 1 heterocycles. The number of nitrogens with zero attached hydrogens (tertiary/aromatic N) is 3. The summed E-state index contributed by atoms with van der Waals surface area (Å²) < 4.78 is 44.5. The second-order valence-corrected chi connectivity index (χ2v) is 9.12. The van der Waals surface area contributed by atoms with Crippen LogP contribution in [0.2, 0.25) is 0 Å². The topological polar surface area (TPSA) is 111 Å². The Morgan fingerprint density at radius 1 is 1.06 bits per heavy atom. The maximum atomic E-state index is 14.6. The number of nitriles is 1. The minimum Gasteiger partial charge on any atom is -0.494 e. The summed E-state index contributed by atoms with van der Waals surface area (Å²) >= 11 is 0. The van der Waals surface area contributed by atoms with Gasteiger partial charge in [0.25, 0.3) is 0 Å². The van der Waals surface area contributed by atoms with Crippen molar-refractivity contribution in [3.05, 3.63) is 89.9 Å². The van der Waals surface area contributed by atoms with Crippen molar-refractivity contribution in [1.29, 1.82) is 5.26 Å². The first-order valence-corrected chi connectivity index (χ1v) is 11.9. The Hall–Kier alpha value is -4.00. The molecule has 2 N–H and O–H groups in total. The molecule has 9 heteroatoms. The molecule has 0 saturated heterocycles. The van der Waals surface area contributed by atoms with Crippen molar-refractivity contribution in [2.75, 3.05) is 7.11 Å². The fraction of sp³-hybridized carbons (Fsp3) is 0.120. The van der Waals surface area contributed by atoms with Gasteiger partial charge in [0.05, 0.1) is 12.0 Å². The van der Waals surface area contributed by atoms with Crippen LogP contribution in [0.5, 0.6) is 5.75 Å². The normalized spacial score (nSPS) is 11.2. The lowest BCUT2D eigenvalue weighted by Gasteiger charge is -2.07. The Bertz CT molecular complexity index is 1480. The highest BCUT2D eigenvalue weighted by molar-refractivity contribution is 7.89. The molecule has 0 aliphatic carbocycles. The van der Waals surface area contributed by atoms with Gasteiger partial charge in [0, 0.05) is 17.7 Å². The third kappa shape index (κ3) is 4.69. The third-order valence-corrected chi connectivity index (χ3v) is 6.34. The number of sulfonamides is 1. The molecule has 1 aromatic heterocycles. The largest absolute Gasteiger partial charge is 0.494 e. The quantitative estimate of drug-likeness (QED) is 0.431. The molecule has 4 rings (SSSR count). The van der Waals surface area contributed by atoms with E-state index < -0.39 is 15.8 Å². The molecule has 0 aliphatic rings. The molecule has 0 fully saturated rings. The molecular formula is C25H21FN4O3S. The van der Waals surface area contributed by atoms with Gasteiger partial charge >= 0.3 is 0 Å². The molecule has 0 saturated carbocycles. The average molecular weight is 477 g/mol. The standard InChI is InChI=1S/C25H21FN4O3S/c1-33-23-12-9-19(15-21(23)26)24-22(16-27)30(14-13-17-5-3-2-4-6-17)29-25(24)18-7-10-20(11-8-18)34(28,31)32/h2-12,15H,13-14H2,1H3,(H2,28,31,32). The van der Waals surface area contributed by atoms with Gasteiger partial charge < -0.3 is 4.74 Å². The van der Waals surface area contributed by atoms with Crippen LogP contribution in [0.1, 0.15) is 11.3 Å². The van der Waals surface area contributed by atoms with Crippen molar-refractivity contribution >= 4 is 10.0 Å². The molecule has 0 bridgehead atoms. The molecule has 0 spiro atoms. The van der Waals surface area contributed by atoms with E-state index in [0.29, 0.717) is 35.3 Å². The molecule has 0 aliphatic heterocycles. The van der Waals surface area contributed by atoms with E-state index >= 15 is 0 Å². The highest BCUT2D eigenvalue weighted by Crippen LogP contribution is 2.36. The summed E-state index contributed by atoms with van der Waals surface area (Å²) in [6.07, 6.45) is 0.636. The van der Waals surface area contributed by atoms with Gasteiger partial charge in [-0.15, -0.1) is 0 Å². The van der Waals surface area contributed by atoms with E-state index in [0.717, 1.165) is 5.56 Å². The van der Waals surface area contributed by atoms with Crippen LogP contribution >= 0.6 is 0 Å². The number of primary sulfonamides is 1. The SMILES string of the molecule is COc1ccc(-c2c(-c3ccc(S(N)(=O)=O)cc3)nn(CCc3ccccc3)c2C#N)cc1F. The molecule has 4 aromatic rings. The lowest BCUT2D eigenvalue weighted by atomic mass is 9.99. The van der Waals surface area contributed by atoms with Crippen LogP contribution in [-0.4, -0.2) is 25.3 Å². The van der Waals surface area contributed by atoms with Gasteiger partial charge in [-0.25, -0.2) is 17.9 Å². The first kappa shape index (κ1) is 23.2. The number of nitrogens with two attached hydrogens (primary N) is 1. The van der Waals surface area contributed by atoms with E-state index in [1.807, 2.05) is 30.3 Å². The van der Waals surface area contributed by atoms with Crippen LogP contribution in [0.3, 0.4) is 0 Å². The van der Waals surface area contributed by atoms with Crippen molar-refractivity contribution < 1.29 is 17.5 Å². The Labute approximate surface area is 196 Å². The zero-order valence-electron chi connectivity index (χ0n) is 18.3. The molecule has 172 valence electrons. The minimum atomic E-state index is -3.87. The Morgan fingerprint density at radius 3 is 2.32 bits per heavy atom. The van der Waals surface area contributed by atoms with E-state index in [1.54, 1.807) is 22.9 Å². The maximum absolute atomic E-state index is 14.6. The Morgan fingerprint density at radius 2 is 1.74 bits per heavy atom. The minimum absolute atomic E-state index is 0.0442. The lowest BCUT2D eigenvalue weighted by molar-refractivity contribution is 0.386. The molecule has 7 nitrogen and oxygen atoms in total. The summed E-state index contributed by atoms with van der Waals surface area (Å²) in [5.74, 6) is -0.491. The second kappa shape index (κ2) is 9.47. The van der Waals surface area contributed by atoms with Crippen molar-refractivity contribution in [1.82, 2.24) is 9.78 Å². The van der Waals surface area contributed by atoms with Crippen LogP contribution in [0.15, 0.2) is 77.7 Å². The monoisotopic (exact) mass is 476 g/mol. The number of halogens is 1. The van der Waals surface area contributed by atoms with Gasteiger partial charge in [-0.3, -0.25) is 4.68 Å². The molecule has 0 atom stereocenters. The van der Waals surface area contributed by atoms with Crippen molar-refractivity contribution in [2.24, 2.45) is 5.14 Å². The summed E-state index contributed by atoms with van der Waals surface area (Å²) in [6, 6.07) is 22.3.